The molecule has 0 aliphatic heterocycles. The average Bonchev–Trinajstić information content (AvgIpc) is 2.95. The Balaban J connectivity index is 2.34. The van der Waals surface area contributed by atoms with Crippen LogP contribution in [0.5, 0.6) is 0 Å². The van der Waals surface area contributed by atoms with Gasteiger partial charge in [-0.3, -0.25) is 0 Å². The topological polar surface area (TPSA) is 42.7 Å². The second-order valence-electron chi connectivity index (χ2n) is 4.37. The summed E-state index contributed by atoms with van der Waals surface area (Å²) in [5, 5.41) is 6.34. The molecule has 1 atom stereocenters. The minimum Gasteiger partial charge on any atom is -0.326 e. The molecule has 1 N–H and O–H groups in total. The molecule has 1 unspecified atom stereocenters. The summed E-state index contributed by atoms with van der Waals surface area (Å²) in [7, 11) is 1.95. The van der Waals surface area contributed by atoms with Crippen molar-refractivity contribution in [2.75, 3.05) is 7.05 Å². The first kappa shape index (κ1) is 12.3. The summed E-state index contributed by atoms with van der Waals surface area (Å²) in [4.78, 5) is 8.87. The molecule has 0 aromatic carbocycles. The average molecular weight is 250 g/mol. The van der Waals surface area contributed by atoms with Crippen LogP contribution in [-0.2, 0) is 0 Å². The van der Waals surface area contributed by atoms with Crippen LogP contribution in [0.15, 0.2) is 17.9 Å². The highest BCUT2D eigenvalue weighted by molar-refractivity contribution is 7.13. The molecule has 4 nitrogen and oxygen atoms in total. The predicted octanol–water partition coefficient (Wildman–Crippen LogP) is 2.87. The molecule has 0 aliphatic carbocycles. The zero-order valence-electron chi connectivity index (χ0n) is 10.6. The molecule has 0 radical (unpaired) electrons. The molecule has 0 bridgehead atoms. The van der Waals surface area contributed by atoms with E-state index in [4.69, 9.17) is 0 Å². The van der Waals surface area contributed by atoms with E-state index in [2.05, 4.69) is 46.0 Å². The van der Waals surface area contributed by atoms with Crippen LogP contribution in [0.1, 0.15) is 38.5 Å². The van der Waals surface area contributed by atoms with Gasteiger partial charge in [0.15, 0.2) is 0 Å². The third kappa shape index (κ3) is 2.40. The van der Waals surface area contributed by atoms with Gasteiger partial charge in [-0.05, 0) is 27.8 Å². The van der Waals surface area contributed by atoms with Crippen LogP contribution in [0, 0.1) is 0 Å². The highest BCUT2D eigenvalue weighted by atomic mass is 32.1. The van der Waals surface area contributed by atoms with Crippen LogP contribution >= 0.6 is 11.3 Å². The number of hydrogen-bond donors (Lipinski definition) is 1. The molecular weight excluding hydrogens is 232 g/mol. The van der Waals surface area contributed by atoms with Crippen molar-refractivity contribution in [2.45, 2.75) is 32.9 Å². The quantitative estimate of drug-likeness (QED) is 0.907. The number of imidazole rings is 1. The predicted molar refractivity (Wildman–Crippen MR) is 71.2 cm³/mol. The number of nitrogens with one attached hydrogen (secondary N) is 1. The normalized spacial score (nSPS) is 13.2. The molecule has 92 valence electrons. The monoisotopic (exact) mass is 250 g/mol. The number of aromatic nitrogens is 3. The van der Waals surface area contributed by atoms with Gasteiger partial charge in [-0.15, -0.1) is 11.3 Å². The van der Waals surface area contributed by atoms with E-state index in [1.807, 2.05) is 19.6 Å². The number of nitrogens with zero attached hydrogens (tertiary/aromatic N) is 3. The Morgan fingerprint density at radius 3 is 2.76 bits per heavy atom. The first-order valence-electron chi connectivity index (χ1n) is 5.78. The van der Waals surface area contributed by atoms with Crippen molar-refractivity contribution in [1.82, 2.24) is 19.9 Å². The zero-order chi connectivity index (χ0) is 12.4. The molecule has 17 heavy (non-hydrogen) atoms. The van der Waals surface area contributed by atoms with E-state index in [0.29, 0.717) is 6.04 Å². The first-order chi connectivity index (χ1) is 8.13. The molecule has 0 saturated heterocycles. The summed E-state index contributed by atoms with van der Waals surface area (Å²) in [6, 6.07) is 0.692. The van der Waals surface area contributed by atoms with E-state index in [1.54, 1.807) is 11.3 Å². The maximum atomic E-state index is 4.66. The minimum absolute atomic E-state index is 0.287. The Morgan fingerprint density at radius 1 is 1.35 bits per heavy atom. The SMILES string of the molecule is CNC(C)c1csc(-c2cncn2C(C)C)n1. The van der Waals surface area contributed by atoms with Crippen LogP contribution in [-0.4, -0.2) is 21.6 Å². The van der Waals surface area contributed by atoms with Crippen molar-refractivity contribution in [3.63, 3.8) is 0 Å². The second kappa shape index (κ2) is 4.98. The van der Waals surface area contributed by atoms with Gasteiger partial charge in [0.2, 0.25) is 0 Å². The van der Waals surface area contributed by atoms with Gasteiger partial charge in [0.1, 0.15) is 5.01 Å². The van der Waals surface area contributed by atoms with Gasteiger partial charge in [0, 0.05) is 17.5 Å². The van der Waals surface area contributed by atoms with Crippen molar-refractivity contribution in [2.24, 2.45) is 0 Å². The molecule has 0 fully saturated rings. The summed E-state index contributed by atoms with van der Waals surface area (Å²) < 4.78 is 2.15. The molecule has 2 rings (SSSR count). The third-order valence-electron chi connectivity index (χ3n) is 2.84. The summed E-state index contributed by atoms with van der Waals surface area (Å²) in [5.74, 6) is 0. The van der Waals surface area contributed by atoms with E-state index in [9.17, 15) is 0 Å². The van der Waals surface area contributed by atoms with Crippen LogP contribution in [0.2, 0.25) is 0 Å². The third-order valence-corrected chi connectivity index (χ3v) is 3.72. The van der Waals surface area contributed by atoms with Crippen LogP contribution < -0.4 is 5.32 Å². The van der Waals surface area contributed by atoms with Gasteiger partial charge in [-0.1, -0.05) is 0 Å². The summed E-state index contributed by atoms with van der Waals surface area (Å²) >= 11 is 1.67. The van der Waals surface area contributed by atoms with Gasteiger partial charge in [-0.25, -0.2) is 9.97 Å². The van der Waals surface area contributed by atoms with Gasteiger partial charge in [0.25, 0.3) is 0 Å². The van der Waals surface area contributed by atoms with Crippen LogP contribution in [0.25, 0.3) is 10.7 Å². The molecule has 2 aromatic heterocycles. The lowest BCUT2D eigenvalue weighted by Gasteiger charge is -2.09. The number of hydrogen-bond acceptors (Lipinski definition) is 4. The molecule has 2 heterocycles. The Hall–Kier alpha value is -1.20. The highest BCUT2D eigenvalue weighted by Crippen LogP contribution is 2.27. The number of thiazole rings is 1. The fourth-order valence-corrected chi connectivity index (χ4v) is 2.56. The van der Waals surface area contributed by atoms with E-state index < -0.39 is 0 Å². The van der Waals surface area contributed by atoms with Gasteiger partial charge in [0.05, 0.1) is 23.9 Å². The van der Waals surface area contributed by atoms with Crippen LogP contribution in [0.4, 0.5) is 0 Å². The molecule has 0 spiro atoms. The van der Waals surface area contributed by atoms with E-state index in [0.717, 1.165) is 16.4 Å². The smallest absolute Gasteiger partial charge is 0.141 e. The Bertz CT molecular complexity index is 486. The standard InChI is InChI=1S/C12H18N4S/c1-8(2)16-7-14-5-11(16)12-15-10(6-17-12)9(3)13-4/h5-9,13H,1-4H3. The number of rotatable bonds is 4. The second-order valence-corrected chi connectivity index (χ2v) is 5.23. The highest BCUT2D eigenvalue weighted by Gasteiger charge is 2.13. The molecule has 0 aliphatic rings. The lowest BCUT2D eigenvalue weighted by molar-refractivity contribution is 0.604. The Kier molecular flexibility index (Phi) is 3.59. The molecule has 0 amide bonds. The zero-order valence-corrected chi connectivity index (χ0v) is 11.5. The van der Waals surface area contributed by atoms with E-state index in [-0.39, 0.29) is 6.04 Å². The fourth-order valence-electron chi connectivity index (χ4n) is 1.63. The molecule has 2 aromatic rings. The fraction of sp³-hybridized carbons (Fsp3) is 0.500. The van der Waals surface area contributed by atoms with Crippen molar-refractivity contribution in [3.05, 3.63) is 23.6 Å². The largest absolute Gasteiger partial charge is 0.326 e. The van der Waals surface area contributed by atoms with Gasteiger partial charge < -0.3 is 9.88 Å². The van der Waals surface area contributed by atoms with Crippen molar-refractivity contribution >= 4 is 11.3 Å². The minimum atomic E-state index is 0.287. The van der Waals surface area contributed by atoms with Gasteiger partial charge in [-0.2, -0.15) is 0 Å². The van der Waals surface area contributed by atoms with Crippen LogP contribution in [0.3, 0.4) is 0 Å². The van der Waals surface area contributed by atoms with Gasteiger partial charge >= 0.3 is 0 Å². The summed E-state index contributed by atoms with van der Waals surface area (Å²) in [6.07, 6.45) is 3.75. The Morgan fingerprint density at radius 2 is 2.12 bits per heavy atom. The van der Waals surface area contributed by atoms with E-state index in [1.165, 1.54) is 0 Å². The Labute approximate surface area is 106 Å². The molecule has 5 heteroatoms. The van der Waals surface area contributed by atoms with E-state index >= 15 is 0 Å². The first-order valence-corrected chi connectivity index (χ1v) is 6.66. The summed E-state index contributed by atoms with van der Waals surface area (Å²) in [5.41, 5.74) is 2.18. The lowest BCUT2D eigenvalue weighted by atomic mass is 10.3. The summed E-state index contributed by atoms with van der Waals surface area (Å²) in [6.45, 7) is 6.41. The molecule has 0 saturated carbocycles. The molecular formula is C12H18N4S. The lowest BCUT2D eigenvalue weighted by Crippen LogP contribution is -2.12. The maximum Gasteiger partial charge on any atom is 0.141 e. The maximum absolute atomic E-state index is 4.66. The van der Waals surface area contributed by atoms with Crippen molar-refractivity contribution in [1.29, 1.82) is 0 Å². The van der Waals surface area contributed by atoms with Crippen molar-refractivity contribution in [3.8, 4) is 10.7 Å². The van der Waals surface area contributed by atoms with Crippen molar-refractivity contribution < 1.29 is 0 Å².